The number of nitrogen functional groups attached to an aromatic ring is 1. The van der Waals surface area contributed by atoms with E-state index in [1.54, 1.807) is 38.1 Å². The lowest BCUT2D eigenvalue weighted by Crippen LogP contribution is -2.29. The van der Waals surface area contributed by atoms with Crippen LogP contribution in [0.3, 0.4) is 0 Å². The summed E-state index contributed by atoms with van der Waals surface area (Å²) in [5, 5.41) is 0. The topological polar surface area (TPSA) is 216 Å². The van der Waals surface area contributed by atoms with Crippen LogP contribution < -0.4 is 15.4 Å². The van der Waals surface area contributed by atoms with Crippen molar-refractivity contribution >= 4 is 43.1 Å². The van der Waals surface area contributed by atoms with Crippen molar-refractivity contribution in [2.75, 3.05) is 50.8 Å². The highest BCUT2D eigenvalue weighted by Crippen LogP contribution is 2.43. The summed E-state index contributed by atoms with van der Waals surface area (Å²) in [6.07, 6.45) is -0.751. The molecule has 0 spiro atoms. The average Bonchev–Trinajstić information content (AvgIpc) is 3.35. The van der Waals surface area contributed by atoms with Gasteiger partial charge in [-0.1, -0.05) is 38.1 Å². The number of methoxy groups -OCH3 is 1. The highest BCUT2D eigenvalue weighted by Gasteiger charge is 2.32. The second kappa shape index (κ2) is 17.7. The van der Waals surface area contributed by atoms with Gasteiger partial charge in [-0.2, -0.15) is 9.97 Å². The van der Waals surface area contributed by atoms with Crippen LogP contribution >= 0.6 is 7.82 Å². The Morgan fingerprint density at radius 2 is 1.74 bits per heavy atom. The van der Waals surface area contributed by atoms with Crippen LogP contribution in [0.2, 0.25) is 0 Å². The third-order valence-corrected chi connectivity index (χ3v) is 7.53. The Hall–Kier alpha value is -3.95. The molecule has 3 N–H and O–H groups in total. The van der Waals surface area contributed by atoms with E-state index in [0.717, 1.165) is 5.56 Å². The van der Waals surface area contributed by atoms with Crippen molar-refractivity contribution in [1.29, 1.82) is 0 Å². The van der Waals surface area contributed by atoms with Gasteiger partial charge < -0.3 is 29.6 Å². The highest BCUT2D eigenvalue weighted by atomic mass is 31.2. The summed E-state index contributed by atoms with van der Waals surface area (Å²) in [5.41, 5.74) is 7.71. The van der Waals surface area contributed by atoms with E-state index in [9.17, 15) is 28.6 Å². The number of carbonyl (C=O) groups is 4. The first-order valence-corrected chi connectivity index (χ1v) is 16.1. The molecule has 1 aliphatic heterocycles. The number of hydrogen-bond acceptors (Lipinski definition) is 14. The molecule has 252 valence electrons. The molecule has 0 saturated carbocycles. The molecule has 0 fully saturated rings. The molecule has 1 aromatic heterocycles. The number of ether oxygens (including phenoxy) is 4. The molecule has 1 aliphatic rings. The van der Waals surface area contributed by atoms with Gasteiger partial charge in [-0.05, 0) is 12.0 Å². The molecule has 16 nitrogen and oxygen atoms in total. The fourth-order valence-corrected chi connectivity index (χ4v) is 4.88. The summed E-state index contributed by atoms with van der Waals surface area (Å²) in [4.78, 5) is 68.4. The first kappa shape index (κ1) is 36.5. The molecule has 2 aromatic rings. The van der Waals surface area contributed by atoms with Crippen LogP contribution in [0.25, 0.3) is 0 Å². The maximum atomic E-state index is 12.7. The fourth-order valence-electron chi connectivity index (χ4n) is 4.09. The van der Waals surface area contributed by atoms with Gasteiger partial charge in [0.25, 0.3) is 0 Å². The summed E-state index contributed by atoms with van der Waals surface area (Å²) >= 11 is 0. The lowest BCUT2D eigenvalue weighted by atomic mass is 10.0. The monoisotopic (exact) mass is 666 g/mol. The van der Waals surface area contributed by atoms with Crippen molar-refractivity contribution in [1.82, 2.24) is 9.97 Å². The van der Waals surface area contributed by atoms with E-state index in [4.69, 9.17) is 33.7 Å². The van der Waals surface area contributed by atoms with Gasteiger partial charge in [0.05, 0.1) is 32.8 Å². The Morgan fingerprint density at radius 1 is 1.02 bits per heavy atom. The van der Waals surface area contributed by atoms with Crippen molar-refractivity contribution in [3.05, 3.63) is 41.0 Å². The number of benzene rings is 1. The highest BCUT2D eigenvalue weighted by molar-refractivity contribution is 7.47. The number of phosphoric ester groups is 1. The number of carbonyl (C=O) groups excluding carboxylic acids is 4. The first-order valence-electron chi connectivity index (χ1n) is 14.6. The van der Waals surface area contributed by atoms with Crippen molar-refractivity contribution < 1.29 is 56.6 Å². The number of amides is 1. The van der Waals surface area contributed by atoms with E-state index < -0.39 is 32.5 Å². The number of fused-ring (bicyclic) bond motifs is 1. The number of ketones is 1. The zero-order valence-corrected chi connectivity index (χ0v) is 26.9. The summed E-state index contributed by atoms with van der Waals surface area (Å²) in [7, 11) is -3.02. The van der Waals surface area contributed by atoms with Gasteiger partial charge in [0.2, 0.25) is 5.91 Å². The molecule has 3 rings (SSSR count). The number of rotatable bonds is 20. The molecule has 0 saturated heterocycles. The molecule has 0 aliphatic carbocycles. The largest absolute Gasteiger partial charge is 0.472 e. The van der Waals surface area contributed by atoms with Gasteiger partial charge in [0, 0.05) is 37.5 Å². The molecule has 17 heteroatoms. The number of Topliss-reactive ketones (excluding diaryl/α,β-unsaturated/α-hetero) is 1. The van der Waals surface area contributed by atoms with Gasteiger partial charge in [0.15, 0.2) is 11.9 Å². The minimum absolute atomic E-state index is 0.0169. The molecule has 2 atom stereocenters. The number of hydrogen-bond donors (Lipinski definition) is 2. The predicted molar refractivity (Wildman–Crippen MR) is 162 cm³/mol. The second-order valence-corrected chi connectivity index (χ2v) is 11.5. The Labute approximate surface area is 266 Å². The zero-order chi connectivity index (χ0) is 33.7. The SMILES string of the molecule is CCC(=O)OCC(COP(=O)(O)OCCCC(=O)c1ccc(CN2C(=O)Cc3c(N)nc(OCCOC)nc32)cc1)OC(=O)CC. The maximum Gasteiger partial charge on any atom is 0.472 e. The van der Waals surface area contributed by atoms with Crippen LogP contribution in [-0.4, -0.2) is 84.7 Å². The number of esters is 2. The van der Waals surface area contributed by atoms with Crippen molar-refractivity contribution in [3.63, 3.8) is 0 Å². The molecule has 1 amide bonds. The molecule has 1 aromatic carbocycles. The molecule has 0 radical (unpaired) electrons. The Morgan fingerprint density at radius 3 is 2.41 bits per heavy atom. The van der Waals surface area contributed by atoms with Crippen LogP contribution in [0.1, 0.15) is 61.0 Å². The van der Waals surface area contributed by atoms with E-state index in [1.807, 2.05) is 0 Å². The summed E-state index contributed by atoms with van der Waals surface area (Å²) in [6.45, 7) is 2.74. The van der Waals surface area contributed by atoms with Crippen molar-refractivity contribution in [2.45, 2.75) is 58.6 Å². The summed E-state index contributed by atoms with van der Waals surface area (Å²) < 4.78 is 42.6. The Kier molecular flexibility index (Phi) is 14.0. The second-order valence-electron chi connectivity index (χ2n) is 10.0. The molecular formula is C29H39N4O12P. The van der Waals surface area contributed by atoms with E-state index >= 15 is 0 Å². The maximum absolute atomic E-state index is 12.7. The summed E-state index contributed by atoms with van der Waals surface area (Å²) in [5.74, 6) is -1.03. The minimum Gasteiger partial charge on any atom is -0.462 e. The number of phosphoric acid groups is 1. The minimum atomic E-state index is -4.55. The van der Waals surface area contributed by atoms with Crippen molar-refractivity contribution in [2.24, 2.45) is 0 Å². The average molecular weight is 667 g/mol. The van der Waals surface area contributed by atoms with Crippen LogP contribution in [0.5, 0.6) is 6.01 Å². The van der Waals surface area contributed by atoms with Crippen LogP contribution in [0, 0.1) is 0 Å². The molecule has 2 heterocycles. The number of nitrogens with zero attached hydrogens (tertiary/aromatic N) is 3. The van der Waals surface area contributed by atoms with E-state index in [2.05, 4.69) is 9.97 Å². The number of aromatic nitrogens is 2. The Balaban J connectivity index is 1.48. The van der Waals surface area contributed by atoms with E-state index in [1.165, 1.54) is 12.0 Å². The Bertz CT molecular complexity index is 1420. The smallest absolute Gasteiger partial charge is 0.462 e. The molecule has 2 unspecified atom stereocenters. The van der Waals surface area contributed by atoms with Gasteiger partial charge in [-0.25, -0.2) is 4.57 Å². The molecule has 0 bridgehead atoms. The lowest BCUT2D eigenvalue weighted by Gasteiger charge is -2.19. The number of nitrogens with two attached hydrogens (primary N) is 1. The first-order chi connectivity index (χ1) is 22.0. The fraction of sp³-hybridized carbons (Fsp3) is 0.517. The summed E-state index contributed by atoms with van der Waals surface area (Å²) in [6, 6.07) is 6.71. The van der Waals surface area contributed by atoms with Gasteiger partial charge in [-0.15, -0.1) is 0 Å². The van der Waals surface area contributed by atoms with Gasteiger partial charge >= 0.3 is 25.8 Å². The zero-order valence-electron chi connectivity index (χ0n) is 26.0. The standard InChI is InChI=1S/C29H39N4O12P/c1-4-25(36)42-17-21(45-26(37)5-2)18-44-46(38,39)43-12-6-7-23(34)20-10-8-19(9-11-20)16-33-24(35)15-22-27(30)31-29(32-28(22)33)41-14-13-40-3/h8-11,21H,4-7,12-18H2,1-3H3,(H,38,39)(H2,30,31,32). The number of anilines is 2. The third kappa shape index (κ3) is 11.1. The van der Waals surface area contributed by atoms with Crippen molar-refractivity contribution in [3.8, 4) is 6.01 Å². The quantitative estimate of drug-likeness (QED) is 0.0898. The van der Waals surface area contributed by atoms with Gasteiger partial charge in [-0.3, -0.25) is 33.1 Å². The van der Waals surface area contributed by atoms with E-state index in [-0.39, 0.29) is 82.0 Å². The van der Waals surface area contributed by atoms with Crippen LogP contribution in [-0.2, 0) is 55.2 Å². The van der Waals surface area contributed by atoms with Crippen LogP contribution in [0.15, 0.2) is 24.3 Å². The third-order valence-electron chi connectivity index (χ3n) is 6.55. The predicted octanol–water partition coefficient (Wildman–Crippen LogP) is 2.54. The normalized spacial score (nSPS) is 14.3. The van der Waals surface area contributed by atoms with Gasteiger partial charge in [0.1, 0.15) is 24.8 Å². The van der Waals surface area contributed by atoms with E-state index in [0.29, 0.717) is 23.6 Å². The van der Waals surface area contributed by atoms with Crippen LogP contribution in [0.4, 0.5) is 11.6 Å². The molecule has 46 heavy (non-hydrogen) atoms. The molecular weight excluding hydrogens is 627 g/mol. The lowest BCUT2D eigenvalue weighted by molar-refractivity contribution is -0.160.